The summed E-state index contributed by atoms with van der Waals surface area (Å²) in [6, 6.07) is 16.1. The lowest BCUT2D eigenvalue weighted by Crippen LogP contribution is -2.18. The number of H-pyrrole nitrogens is 1. The number of hydrogen-bond donors (Lipinski definition) is 2. The van der Waals surface area contributed by atoms with Crippen LogP contribution in [0.25, 0.3) is 22.3 Å². The van der Waals surface area contributed by atoms with Crippen LogP contribution in [0.4, 0.5) is 5.69 Å². The van der Waals surface area contributed by atoms with E-state index in [0.717, 1.165) is 58.1 Å². The van der Waals surface area contributed by atoms with Gasteiger partial charge >= 0.3 is 0 Å². The highest BCUT2D eigenvalue weighted by Gasteiger charge is 2.23. The molecule has 176 valence electrons. The Balaban J connectivity index is 1.38. The molecular weight excluding hydrogens is 446 g/mol. The maximum absolute atomic E-state index is 12.8. The average Bonchev–Trinajstić information content (AvgIpc) is 3.58. The van der Waals surface area contributed by atoms with Crippen LogP contribution in [0.15, 0.2) is 59.9 Å². The van der Waals surface area contributed by atoms with Crippen LogP contribution < -0.4 is 5.32 Å². The number of hydrogen-bond acceptors (Lipinski definition) is 5. The van der Waals surface area contributed by atoms with Crippen molar-refractivity contribution in [2.24, 2.45) is 0 Å². The number of fused-ring (bicyclic) bond motifs is 1. The van der Waals surface area contributed by atoms with E-state index in [9.17, 15) is 4.79 Å². The highest BCUT2D eigenvalue weighted by atomic mass is 32.2. The Bertz CT molecular complexity index is 1290. The monoisotopic (exact) mass is 475 g/mol. The Labute approximate surface area is 203 Å². The first-order chi connectivity index (χ1) is 16.6. The van der Waals surface area contributed by atoms with Crippen LogP contribution >= 0.6 is 11.8 Å². The molecule has 0 saturated carbocycles. The summed E-state index contributed by atoms with van der Waals surface area (Å²) in [5, 5.41) is 13.9. The molecule has 1 amide bonds. The van der Waals surface area contributed by atoms with E-state index in [1.165, 1.54) is 11.8 Å². The van der Waals surface area contributed by atoms with Crippen molar-refractivity contribution in [1.29, 1.82) is 0 Å². The van der Waals surface area contributed by atoms with Gasteiger partial charge in [-0.3, -0.25) is 9.36 Å². The molecule has 1 fully saturated rings. The lowest BCUT2D eigenvalue weighted by molar-refractivity contribution is -0.113. The molecule has 2 aromatic heterocycles. The van der Waals surface area contributed by atoms with Crippen LogP contribution in [0.5, 0.6) is 0 Å². The van der Waals surface area contributed by atoms with Crippen molar-refractivity contribution >= 4 is 34.3 Å². The fourth-order valence-corrected chi connectivity index (χ4v) is 5.19. The second kappa shape index (κ2) is 10.0. The number of anilines is 1. The van der Waals surface area contributed by atoms with Gasteiger partial charge in [-0.1, -0.05) is 62.0 Å². The molecule has 1 aliphatic heterocycles. The number of nitrogens with one attached hydrogen (secondary N) is 2. The van der Waals surface area contributed by atoms with Gasteiger partial charge in [-0.2, -0.15) is 0 Å². The lowest BCUT2D eigenvalue weighted by Gasteiger charge is -2.15. The molecule has 1 atom stereocenters. The van der Waals surface area contributed by atoms with Gasteiger partial charge in [0.05, 0.1) is 18.4 Å². The maximum atomic E-state index is 12.8. The van der Waals surface area contributed by atoms with Gasteiger partial charge in [0.25, 0.3) is 0 Å². The van der Waals surface area contributed by atoms with E-state index in [2.05, 4.69) is 57.1 Å². The third kappa shape index (κ3) is 4.74. The molecule has 7 nitrogen and oxygen atoms in total. The maximum Gasteiger partial charge on any atom is 0.234 e. The van der Waals surface area contributed by atoms with Crippen molar-refractivity contribution in [3.63, 3.8) is 0 Å². The number of para-hydroxylation sites is 2. The van der Waals surface area contributed by atoms with Gasteiger partial charge in [0.1, 0.15) is 0 Å². The molecular formula is C26H29N5O2S. The van der Waals surface area contributed by atoms with Gasteiger partial charge in [0, 0.05) is 35.0 Å². The van der Waals surface area contributed by atoms with Crippen LogP contribution in [0.3, 0.4) is 0 Å². The number of rotatable bonds is 8. The lowest BCUT2D eigenvalue weighted by atomic mass is 10.0. The predicted octanol–water partition coefficient (Wildman–Crippen LogP) is 5.46. The molecule has 4 aromatic rings. The molecule has 0 aliphatic carbocycles. The Morgan fingerprint density at radius 2 is 2.03 bits per heavy atom. The third-order valence-corrected chi connectivity index (χ3v) is 7.11. The fourth-order valence-electron chi connectivity index (χ4n) is 4.44. The van der Waals surface area contributed by atoms with E-state index >= 15 is 0 Å². The smallest absolute Gasteiger partial charge is 0.234 e. The van der Waals surface area contributed by atoms with Crippen molar-refractivity contribution in [2.75, 3.05) is 17.7 Å². The van der Waals surface area contributed by atoms with Crippen molar-refractivity contribution in [2.45, 2.75) is 50.4 Å². The molecule has 5 rings (SSSR count). The number of amides is 1. The Morgan fingerprint density at radius 1 is 1.21 bits per heavy atom. The van der Waals surface area contributed by atoms with E-state index in [1.54, 1.807) is 0 Å². The molecule has 0 bridgehead atoms. The molecule has 1 unspecified atom stereocenters. The first kappa shape index (κ1) is 22.7. The molecule has 2 N–H and O–H groups in total. The van der Waals surface area contributed by atoms with E-state index < -0.39 is 0 Å². The summed E-state index contributed by atoms with van der Waals surface area (Å²) in [4.78, 5) is 16.1. The summed E-state index contributed by atoms with van der Waals surface area (Å²) in [5.74, 6) is 1.32. The summed E-state index contributed by atoms with van der Waals surface area (Å²) in [6.07, 6.45) is 4.19. The molecule has 0 radical (unpaired) electrons. The fraction of sp³-hybridized carbons (Fsp3) is 0.346. The zero-order valence-electron chi connectivity index (χ0n) is 19.5. The van der Waals surface area contributed by atoms with Gasteiger partial charge in [0.2, 0.25) is 5.91 Å². The Kier molecular flexibility index (Phi) is 6.69. The summed E-state index contributed by atoms with van der Waals surface area (Å²) in [6.45, 7) is 5.70. The average molecular weight is 476 g/mol. The molecule has 2 aromatic carbocycles. The van der Waals surface area contributed by atoms with Gasteiger partial charge in [-0.25, -0.2) is 0 Å². The predicted molar refractivity (Wildman–Crippen MR) is 136 cm³/mol. The molecule has 3 heterocycles. The van der Waals surface area contributed by atoms with Gasteiger partial charge < -0.3 is 15.0 Å². The molecule has 1 saturated heterocycles. The number of nitrogens with zero attached hydrogens (tertiary/aromatic N) is 3. The second-order valence-corrected chi connectivity index (χ2v) is 9.82. The highest BCUT2D eigenvalue weighted by Crippen LogP contribution is 2.31. The number of carbonyl (C=O) groups is 1. The van der Waals surface area contributed by atoms with Crippen molar-refractivity contribution in [1.82, 2.24) is 19.7 Å². The Morgan fingerprint density at radius 3 is 2.85 bits per heavy atom. The minimum atomic E-state index is -0.0570. The zero-order chi connectivity index (χ0) is 23.5. The molecule has 0 spiro atoms. The quantitative estimate of drug-likeness (QED) is 0.331. The first-order valence-corrected chi connectivity index (χ1v) is 12.7. The number of benzene rings is 2. The molecule has 34 heavy (non-hydrogen) atoms. The largest absolute Gasteiger partial charge is 0.376 e. The van der Waals surface area contributed by atoms with Crippen LogP contribution in [-0.4, -0.2) is 44.1 Å². The van der Waals surface area contributed by atoms with Crippen molar-refractivity contribution in [3.05, 3.63) is 60.3 Å². The normalized spacial score (nSPS) is 15.9. The number of aromatic nitrogens is 4. The van der Waals surface area contributed by atoms with Crippen LogP contribution in [0, 0.1) is 0 Å². The van der Waals surface area contributed by atoms with Gasteiger partial charge in [-0.05, 0) is 36.5 Å². The summed E-state index contributed by atoms with van der Waals surface area (Å²) in [5.41, 5.74) is 4.05. The minimum absolute atomic E-state index is 0.0570. The third-order valence-electron chi connectivity index (χ3n) is 6.15. The highest BCUT2D eigenvalue weighted by molar-refractivity contribution is 7.99. The van der Waals surface area contributed by atoms with Crippen molar-refractivity contribution < 1.29 is 9.53 Å². The van der Waals surface area contributed by atoms with E-state index in [-0.39, 0.29) is 17.8 Å². The van der Waals surface area contributed by atoms with E-state index in [4.69, 9.17) is 4.74 Å². The SMILES string of the molecule is CC(C)c1ccccc1NC(=O)CSc1nnc(-c2c[nH]c3ccccc23)n1CC1CCCO1. The number of aromatic amines is 1. The van der Waals surface area contributed by atoms with E-state index in [0.29, 0.717) is 12.5 Å². The Hall–Kier alpha value is -3.10. The number of ether oxygens (including phenoxy) is 1. The standard InChI is InChI=1S/C26H29N5O2S/c1-17(2)19-9-3-6-12-23(19)28-24(32)16-34-26-30-29-25(31(26)15-18-8-7-13-33-18)21-14-27-22-11-5-4-10-20(21)22/h3-6,9-12,14,17-18,27H,7-8,13,15-16H2,1-2H3,(H,28,32). The minimum Gasteiger partial charge on any atom is -0.376 e. The summed E-state index contributed by atoms with van der Waals surface area (Å²) >= 11 is 1.41. The topological polar surface area (TPSA) is 84.8 Å². The second-order valence-electron chi connectivity index (χ2n) is 8.88. The van der Waals surface area contributed by atoms with Crippen LogP contribution in [-0.2, 0) is 16.1 Å². The first-order valence-electron chi connectivity index (χ1n) is 11.7. The summed E-state index contributed by atoms with van der Waals surface area (Å²) in [7, 11) is 0. The van der Waals surface area contributed by atoms with Gasteiger partial charge in [-0.15, -0.1) is 10.2 Å². The van der Waals surface area contributed by atoms with Crippen LogP contribution in [0.1, 0.15) is 38.2 Å². The molecule has 8 heteroatoms. The van der Waals surface area contributed by atoms with Crippen molar-refractivity contribution in [3.8, 4) is 11.4 Å². The van der Waals surface area contributed by atoms with Gasteiger partial charge in [0.15, 0.2) is 11.0 Å². The molecule has 1 aliphatic rings. The summed E-state index contributed by atoms with van der Waals surface area (Å²) < 4.78 is 8.01. The van der Waals surface area contributed by atoms with E-state index in [1.807, 2.05) is 36.5 Å². The number of carbonyl (C=O) groups excluding carboxylic acids is 1. The number of thioether (sulfide) groups is 1. The zero-order valence-corrected chi connectivity index (χ0v) is 20.3. The van der Waals surface area contributed by atoms with Crippen LogP contribution in [0.2, 0.25) is 0 Å².